The predicted molar refractivity (Wildman–Crippen MR) is 120 cm³/mol. The van der Waals surface area contributed by atoms with Crippen LogP contribution >= 0.6 is 11.3 Å². The number of hydrogen-bond acceptors (Lipinski definition) is 7. The van der Waals surface area contributed by atoms with Gasteiger partial charge in [0, 0.05) is 30.7 Å². The second-order valence-electron chi connectivity index (χ2n) is 7.05. The third-order valence-electron chi connectivity index (χ3n) is 4.58. The van der Waals surface area contributed by atoms with Crippen LogP contribution in [0.2, 0.25) is 0 Å². The summed E-state index contributed by atoms with van der Waals surface area (Å²) in [5.74, 6) is -1.01. The van der Waals surface area contributed by atoms with E-state index in [-0.39, 0.29) is 21.9 Å². The van der Waals surface area contributed by atoms with Crippen LogP contribution in [0.3, 0.4) is 0 Å². The molecule has 0 saturated heterocycles. The van der Waals surface area contributed by atoms with Crippen LogP contribution in [0.4, 0.5) is 5.69 Å². The molecule has 0 spiro atoms. The SMILES string of the molecule is CCOC(=O)c1sc2nc(C)cc(C)c2c1NC(=O)c1ccc(S(=O)(=O)N(C)C)cc1. The van der Waals surface area contributed by atoms with Crippen molar-refractivity contribution in [1.29, 1.82) is 0 Å². The van der Waals surface area contributed by atoms with E-state index >= 15 is 0 Å². The number of amides is 1. The maximum Gasteiger partial charge on any atom is 0.350 e. The molecule has 0 aliphatic rings. The average Bonchev–Trinajstić information content (AvgIpc) is 3.06. The molecule has 10 heteroatoms. The van der Waals surface area contributed by atoms with Gasteiger partial charge in [-0.2, -0.15) is 0 Å². The van der Waals surface area contributed by atoms with Crippen LogP contribution in [0, 0.1) is 13.8 Å². The lowest BCUT2D eigenvalue weighted by atomic mass is 10.1. The number of aryl methyl sites for hydroxylation is 2. The van der Waals surface area contributed by atoms with Crippen molar-refractivity contribution in [3.05, 3.63) is 52.0 Å². The summed E-state index contributed by atoms with van der Waals surface area (Å²) in [6.07, 6.45) is 0. The summed E-state index contributed by atoms with van der Waals surface area (Å²) in [5.41, 5.74) is 2.28. The van der Waals surface area contributed by atoms with Crippen molar-refractivity contribution < 1.29 is 22.7 Å². The van der Waals surface area contributed by atoms with Gasteiger partial charge in [0.15, 0.2) is 0 Å². The third kappa shape index (κ3) is 4.46. The molecule has 0 fully saturated rings. The Morgan fingerprint density at radius 1 is 1.16 bits per heavy atom. The minimum absolute atomic E-state index is 0.0813. The summed E-state index contributed by atoms with van der Waals surface area (Å²) in [7, 11) is -0.724. The second kappa shape index (κ2) is 8.74. The Hall–Kier alpha value is -2.82. The highest BCUT2D eigenvalue weighted by Gasteiger charge is 2.24. The Kier molecular flexibility index (Phi) is 6.44. The molecule has 2 heterocycles. The maximum absolute atomic E-state index is 12.9. The molecule has 8 nitrogen and oxygen atoms in total. The summed E-state index contributed by atoms with van der Waals surface area (Å²) >= 11 is 1.16. The average molecular weight is 462 g/mol. The fourth-order valence-electron chi connectivity index (χ4n) is 3.08. The number of sulfonamides is 1. The predicted octanol–water partition coefficient (Wildman–Crippen LogP) is 3.59. The standard InChI is InChI=1S/C21H23N3O5S2/c1-6-29-21(26)18-17(16-12(2)11-13(3)22-20(16)30-18)23-19(25)14-7-9-15(10-8-14)31(27,28)24(4)5/h7-11H,6H2,1-5H3,(H,23,25). The van der Waals surface area contributed by atoms with Gasteiger partial charge in [0.05, 0.1) is 17.2 Å². The first-order chi connectivity index (χ1) is 14.6. The lowest BCUT2D eigenvalue weighted by Crippen LogP contribution is -2.22. The number of hydrogen-bond donors (Lipinski definition) is 1. The number of benzene rings is 1. The van der Waals surface area contributed by atoms with Gasteiger partial charge in [0.2, 0.25) is 10.0 Å². The van der Waals surface area contributed by atoms with Gasteiger partial charge in [-0.3, -0.25) is 4.79 Å². The van der Waals surface area contributed by atoms with E-state index in [0.717, 1.165) is 26.9 Å². The molecule has 1 amide bonds. The molecule has 2 aromatic heterocycles. The van der Waals surface area contributed by atoms with Crippen molar-refractivity contribution in [2.75, 3.05) is 26.0 Å². The Balaban J connectivity index is 2.01. The first-order valence-corrected chi connectivity index (χ1v) is 11.7. The van der Waals surface area contributed by atoms with Gasteiger partial charge in [-0.15, -0.1) is 11.3 Å². The molecule has 31 heavy (non-hydrogen) atoms. The Bertz CT molecular complexity index is 1260. The van der Waals surface area contributed by atoms with Gasteiger partial charge in [0.25, 0.3) is 5.91 Å². The van der Waals surface area contributed by atoms with Crippen molar-refractivity contribution in [2.45, 2.75) is 25.7 Å². The zero-order valence-electron chi connectivity index (χ0n) is 17.8. The van der Waals surface area contributed by atoms with Crippen molar-refractivity contribution in [2.24, 2.45) is 0 Å². The normalized spacial score (nSPS) is 11.7. The quantitative estimate of drug-likeness (QED) is 0.563. The van der Waals surface area contributed by atoms with Crippen LogP contribution in [0.15, 0.2) is 35.2 Å². The Labute approximate surface area is 184 Å². The van der Waals surface area contributed by atoms with Crippen molar-refractivity contribution in [3.8, 4) is 0 Å². The number of fused-ring (bicyclic) bond motifs is 1. The highest BCUT2D eigenvalue weighted by molar-refractivity contribution is 7.89. The first kappa shape index (κ1) is 22.9. The van der Waals surface area contributed by atoms with E-state index in [2.05, 4.69) is 10.3 Å². The van der Waals surface area contributed by atoms with Crippen LogP contribution in [0.5, 0.6) is 0 Å². The van der Waals surface area contributed by atoms with Crippen LogP contribution in [-0.2, 0) is 14.8 Å². The van der Waals surface area contributed by atoms with E-state index < -0.39 is 21.9 Å². The molecule has 3 rings (SSSR count). The lowest BCUT2D eigenvalue weighted by molar-refractivity contribution is 0.0533. The number of ether oxygens (including phenoxy) is 1. The van der Waals surface area contributed by atoms with E-state index in [9.17, 15) is 18.0 Å². The van der Waals surface area contributed by atoms with E-state index in [1.807, 2.05) is 19.9 Å². The molecular weight excluding hydrogens is 438 g/mol. The summed E-state index contributed by atoms with van der Waals surface area (Å²) in [5, 5.41) is 3.48. The highest BCUT2D eigenvalue weighted by Crippen LogP contribution is 2.38. The summed E-state index contributed by atoms with van der Waals surface area (Å²) < 4.78 is 30.7. The van der Waals surface area contributed by atoms with Crippen LogP contribution < -0.4 is 5.32 Å². The van der Waals surface area contributed by atoms with Gasteiger partial charge in [-0.05, 0) is 56.7 Å². The summed E-state index contributed by atoms with van der Waals surface area (Å²) in [4.78, 5) is 30.9. The van der Waals surface area contributed by atoms with Crippen molar-refractivity contribution in [1.82, 2.24) is 9.29 Å². The molecule has 0 aliphatic carbocycles. The third-order valence-corrected chi connectivity index (χ3v) is 7.47. The largest absolute Gasteiger partial charge is 0.462 e. The number of carbonyl (C=O) groups excluding carboxylic acids is 2. The molecule has 0 aliphatic heterocycles. The fourth-order valence-corrected chi connectivity index (χ4v) is 5.12. The van der Waals surface area contributed by atoms with Crippen LogP contribution in [-0.4, -0.2) is 50.3 Å². The number of pyridine rings is 1. The monoisotopic (exact) mass is 461 g/mol. The highest BCUT2D eigenvalue weighted by atomic mass is 32.2. The molecule has 1 aromatic carbocycles. The van der Waals surface area contributed by atoms with E-state index in [0.29, 0.717) is 15.9 Å². The van der Waals surface area contributed by atoms with E-state index in [1.54, 1.807) is 6.92 Å². The van der Waals surface area contributed by atoms with Gasteiger partial charge in [-0.1, -0.05) is 0 Å². The lowest BCUT2D eigenvalue weighted by Gasteiger charge is -2.12. The molecule has 0 unspecified atom stereocenters. The number of esters is 1. The Morgan fingerprint density at radius 2 is 1.81 bits per heavy atom. The van der Waals surface area contributed by atoms with Crippen molar-refractivity contribution >= 4 is 49.1 Å². The topological polar surface area (TPSA) is 106 Å². The van der Waals surface area contributed by atoms with Gasteiger partial charge >= 0.3 is 5.97 Å². The van der Waals surface area contributed by atoms with Crippen molar-refractivity contribution in [3.63, 3.8) is 0 Å². The summed E-state index contributed by atoms with van der Waals surface area (Å²) in [6.45, 7) is 5.65. The number of rotatable bonds is 6. The number of nitrogens with one attached hydrogen (secondary N) is 1. The van der Waals surface area contributed by atoms with E-state index in [4.69, 9.17) is 4.74 Å². The molecule has 164 valence electrons. The smallest absolute Gasteiger partial charge is 0.350 e. The number of anilines is 1. The zero-order chi connectivity index (χ0) is 22.9. The number of thiophene rings is 1. The zero-order valence-corrected chi connectivity index (χ0v) is 19.5. The molecular formula is C21H23N3O5S2. The number of aromatic nitrogens is 1. The minimum Gasteiger partial charge on any atom is -0.462 e. The van der Waals surface area contributed by atoms with Gasteiger partial charge in [0.1, 0.15) is 9.71 Å². The molecule has 0 radical (unpaired) electrons. The van der Waals surface area contributed by atoms with Gasteiger partial charge < -0.3 is 10.1 Å². The number of nitrogens with zero attached hydrogens (tertiary/aromatic N) is 2. The molecule has 0 saturated carbocycles. The first-order valence-electron chi connectivity index (χ1n) is 9.48. The second-order valence-corrected chi connectivity index (χ2v) is 10.2. The molecule has 1 N–H and O–H groups in total. The molecule has 0 bridgehead atoms. The molecule has 3 aromatic rings. The van der Waals surface area contributed by atoms with Gasteiger partial charge in [-0.25, -0.2) is 22.5 Å². The Morgan fingerprint density at radius 3 is 2.39 bits per heavy atom. The van der Waals surface area contributed by atoms with Crippen LogP contribution in [0.1, 0.15) is 38.2 Å². The van der Waals surface area contributed by atoms with Crippen LogP contribution in [0.25, 0.3) is 10.2 Å². The summed E-state index contributed by atoms with van der Waals surface area (Å²) in [6, 6.07) is 7.48. The maximum atomic E-state index is 12.9. The number of carbonyl (C=O) groups is 2. The fraction of sp³-hybridized carbons (Fsp3) is 0.286. The van der Waals surface area contributed by atoms with E-state index in [1.165, 1.54) is 38.4 Å². The molecule has 0 atom stereocenters. The minimum atomic E-state index is -3.60.